The highest BCUT2D eigenvalue weighted by atomic mass is 14.8. The van der Waals surface area contributed by atoms with Crippen LogP contribution >= 0.6 is 0 Å². The van der Waals surface area contributed by atoms with Crippen LogP contribution < -0.4 is 5.32 Å². The summed E-state index contributed by atoms with van der Waals surface area (Å²) in [4.78, 5) is 0. The molecular formula is C17H37N. The molecule has 18 heavy (non-hydrogen) atoms. The molecule has 1 N–H and O–H groups in total. The maximum absolute atomic E-state index is 3.21. The van der Waals surface area contributed by atoms with Crippen molar-refractivity contribution in [3.05, 3.63) is 0 Å². The molecular weight excluding hydrogens is 218 g/mol. The van der Waals surface area contributed by atoms with Gasteiger partial charge in [0.25, 0.3) is 0 Å². The van der Waals surface area contributed by atoms with Crippen LogP contribution in [-0.2, 0) is 0 Å². The predicted octanol–water partition coefficient (Wildman–Crippen LogP) is 5.54. The molecule has 0 radical (unpaired) electrons. The largest absolute Gasteiger partial charge is 0.320 e. The monoisotopic (exact) mass is 255 g/mol. The third-order valence-electron chi connectivity index (χ3n) is 3.71. The van der Waals surface area contributed by atoms with E-state index >= 15 is 0 Å². The van der Waals surface area contributed by atoms with E-state index in [0.29, 0.717) is 0 Å². The van der Waals surface area contributed by atoms with Gasteiger partial charge in [-0.2, -0.15) is 0 Å². The molecule has 0 saturated carbocycles. The molecule has 0 saturated heterocycles. The molecule has 0 aliphatic rings. The maximum atomic E-state index is 3.21. The van der Waals surface area contributed by atoms with Crippen LogP contribution in [0.3, 0.4) is 0 Å². The molecule has 0 amide bonds. The van der Waals surface area contributed by atoms with Crippen molar-refractivity contribution in [1.82, 2.24) is 5.32 Å². The molecule has 0 aromatic rings. The van der Waals surface area contributed by atoms with Crippen molar-refractivity contribution in [1.29, 1.82) is 0 Å². The molecule has 0 rings (SSSR count). The van der Waals surface area contributed by atoms with Crippen LogP contribution in [0.25, 0.3) is 0 Å². The second-order valence-corrected chi connectivity index (χ2v) is 6.18. The summed E-state index contributed by atoms with van der Waals surface area (Å²) < 4.78 is 0. The van der Waals surface area contributed by atoms with Crippen LogP contribution in [0, 0.1) is 5.92 Å². The van der Waals surface area contributed by atoms with Gasteiger partial charge in [0.1, 0.15) is 0 Å². The van der Waals surface area contributed by atoms with Crippen LogP contribution in [0.1, 0.15) is 90.9 Å². The highest BCUT2D eigenvalue weighted by molar-refractivity contribution is 4.50. The van der Waals surface area contributed by atoms with Crippen molar-refractivity contribution >= 4 is 0 Å². The summed E-state index contributed by atoms with van der Waals surface area (Å²) in [7, 11) is 2.04. The third kappa shape index (κ3) is 16.0. The Morgan fingerprint density at radius 1 is 0.611 bits per heavy atom. The first kappa shape index (κ1) is 18.0. The fourth-order valence-electron chi connectivity index (χ4n) is 2.45. The lowest BCUT2D eigenvalue weighted by Gasteiger charge is -2.04. The molecule has 0 heterocycles. The van der Waals surface area contributed by atoms with E-state index in [9.17, 15) is 0 Å². The van der Waals surface area contributed by atoms with E-state index in [1.807, 2.05) is 7.05 Å². The molecule has 0 unspecified atom stereocenters. The Morgan fingerprint density at radius 3 is 1.39 bits per heavy atom. The van der Waals surface area contributed by atoms with Crippen LogP contribution in [0.4, 0.5) is 0 Å². The molecule has 0 aliphatic carbocycles. The molecule has 0 fully saturated rings. The summed E-state index contributed by atoms with van der Waals surface area (Å²) in [6, 6.07) is 0. The summed E-state index contributed by atoms with van der Waals surface area (Å²) in [5, 5.41) is 3.21. The Balaban J connectivity index is 2.90. The lowest BCUT2D eigenvalue weighted by molar-refractivity contribution is 0.503. The van der Waals surface area contributed by atoms with Gasteiger partial charge >= 0.3 is 0 Å². The highest BCUT2D eigenvalue weighted by Crippen LogP contribution is 2.13. The quantitative estimate of drug-likeness (QED) is 0.402. The summed E-state index contributed by atoms with van der Waals surface area (Å²) >= 11 is 0. The van der Waals surface area contributed by atoms with Gasteiger partial charge < -0.3 is 5.32 Å². The average Bonchev–Trinajstić information content (AvgIpc) is 2.34. The minimum Gasteiger partial charge on any atom is -0.320 e. The van der Waals surface area contributed by atoms with Gasteiger partial charge in [-0.1, -0.05) is 84.5 Å². The SMILES string of the molecule is CNCCCCCCCCCCCCCC(C)C. The zero-order valence-corrected chi connectivity index (χ0v) is 13.3. The van der Waals surface area contributed by atoms with Crippen molar-refractivity contribution in [3.8, 4) is 0 Å². The Labute approximate surface area is 116 Å². The first-order chi connectivity index (χ1) is 8.77. The second-order valence-electron chi connectivity index (χ2n) is 6.18. The first-order valence-corrected chi connectivity index (χ1v) is 8.42. The van der Waals surface area contributed by atoms with Gasteiger partial charge in [-0.3, -0.25) is 0 Å². The number of hydrogen-bond donors (Lipinski definition) is 1. The van der Waals surface area contributed by atoms with E-state index in [2.05, 4.69) is 19.2 Å². The van der Waals surface area contributed by atoms with E-state index in [-0.39, 0.29) is 0 Å². The maximum Gasteiger partial charge on any atom is -0.00519 e. The van der Waals surface area contributed by atoms with Crippen LogP contribution in [0.15, 0.2) is 0 Å². The average molecular weight is 255 g/mol. The molecule has 0 aromatic carbocycles. The van der Waals surface area contributed by atoms with Crippen molar-refractivity contribution in [3.63, 3.8) is 0 Å². The molecule has 110 valence electrons. The molecule has 0 spiro atoms. The normalized spacial score (nSPS) is 11.3. The molecule has 0 bridgehead atoms. The van der Waals surface area contributed by atoms with Gasteiger partial charge in [0.05, 0.1) is 0 Å². The second kappa shape index (κ2) is 15.0. The van der Waals surface area contributed by atoms with Crippen molar-refractivity contribution in [2.24, 2.45) is 5.92 Å². The van der Waals surface area contributed by atoms with Crippen LogP contribution in [-0.4, -0.2) is 13.6 Å². The van der Waals surface area contributed by atoms with E-state index in [0.717, 1.165) is 5.92 Å². The molecule has 1 heteroatoms. The number of hydrogen-bond acceptors (Lipinski definition) is 1. The Hall–Kier alpha value is -0.0400. The lowest BCUT2D eigenvalue weighted by Crippen LogP contribution is -2.06. The molecule has 0 aromatic heterocycles. The summed E-state index contributed by atoms with van der Waals surface area (Å²) in [5.41, 5.74) is 0. The predicted molar refractivity (Wildman–Crippen MR) is 84.2 cm³/mol. The fourth-order valence-corrected chi connectivity index (χ4v) is 2.45. The number of rotatable bonds is 14. The standard InChI is InChI=1S/C17H37N/c1-17(2)15-13-11-9-7-5-4-6-8-10-12-14-16-18-3/h17-18H,4-16H2,1-3H3. The van der Waals surface area contributed by atoms with E-state index in [1.165, 1.54) is 83.6 Å². The highest BCUT2D eigenvalue weighted by Gasteiger charge is 1.95. The van der Waals surface area contributed by atoms with Gasteiger partial charge in [-0.15, -0.1) is 0 Å². The van der Waals surface area contributed by atoms with E-state index in [1.54, 1.807) is 0 Å². The summed E-state index contributed by atoms with van der Waals surface area (Å²) in [5.74, 6) is 0.896. The van der Waals surface area contributed by atoms with E-state index < -0.39 is 0 Å². The van der Waals surface area contributed by atoms with Crippen molar-refractivity contribution in [2.75, 3.05) is 13.6 Å². The van der Waals surface area contributed by atoms with Crippen molar-refractivity contribution in [2.45, 2.75) is 90.9 Å². The minimum atomic E-state index is 0.896. The minimum absolute atomic E-state index is 0.896. The van der Waals surface area contributed by atoms with Gasteiger partial charge in [0.2, 0.25) is 0 Å². The zero-order valence-electron chi connectivity index (χ0n) is 13.3. The zero-order chi connectivity index (χ0) is 13.5. The van der Waals surface area contributed by atoms with E-state index in [4.69, 9.17) is 0 Å². The molecule has 0 atom stereocenters. The van der Waals surface area contributed by atoms with Gasteiger partial charge in [0, 0.05) is 0 Å². The Morgan fingerprint density at radius 2 is 1.00 bits per heavy atom. The Kier molecular flexibility index (Phi) is 15.0. The van der Waals surface area contributed by atoms with Crippen molar-refractivity contribution < 1.29 is 0 Å². The van der Waals surface area contributed by atoms with Gasteiger partial charge in [0.15, 0.2) is 0 Å². The first-order valence-electron chi connectivity index (χ1n) is 8.42. The van der Waals surface area contributed by atoms with Gasteiger partial charge in [-0.05, 0) is 25.9 Å². The third-order valence-corrected chi connectivity index (χ3v) is 3.71. The smallest absolute Gasteiger partial charge is 0.00519 e. The fraction of sp³-hybridized carbons (Fsp3) is 1.00. The lowest BCUT2D eigenvalue weighted by atomic mass is 10.0. The summed E-state index contributed by atoms with van der Waals surface area (Å²) in [6.07, 6.45) is 17.3. The van der Waals surface area contributed by atoms with Gasteiger partial charge in [-0.25, -0.2) is 0 Å². The number of unbranched alkanes of at least 4 members (excludes halogenated alkanes) is 10. The Bertz CT molecular complexity index is 143. The topological polar surface area (TPSA) is 12.0 Å². The molecule has 0 aliphatic heterocycles. The molecule has 1 nitrogen and oxygen atoms in total. The van der Waals surface area contributed by atoms with Crippen LogP contribution in [0.2, 0.25) is 0 Å². The summed E-state index contributed by atoms with van der Waals surface area (Å²) in [6.45, 7) is 5.85. The van der Waals surface area contributed by atoms with Crippen LogP contribution in [0.5, 0.6) is 0 Å². The number of nitrogens with one attached hydrogen (secondary N) is 1.